The molecule has 1 unspecified atom stereocenters. The zero-order chi connectivity index (χ0) is 25.0. The summed E-state index contributed by atoms with van der Waals surface area (Å²) < 4.78 is 28.5. The molecule has 0 radical (unpaired) electrons. The largest absolute Gasteiger partial charge is 0.330 e. The normalized spacial score (nSPS) is 15.9. The number of rotatable bonds is 9. The van der Waals surface area contributed by atoms with Gasteiger partial charge in [-0.3, -0.25) is 4.79 Å². The van der Waals surface area contributed by atoms with Crippen LogP contribution in [0.1, 0.15) is 59.4 Å². The van der Waals surface area contributed by atoms with E-state index < -0.39 is 10.0 Å². The molecule has 0 bridgehead atoms. The number of aryl methyl sites for hydroxylation is 2. The first-order valence-electron chi connectivity index (χ1n) is 12.3. The number of sulfonamides is 1. The zero-order valence-corrected chi connectivity index (χ0v) is 22.4. The second-order valence-electron chi connectivity index (χ2n) is 9.25. The van der Waals surface area contributed by atoms with Gasteiger partial charge in [-0.05, 0) is 67.0 Å². The van der Waals surface area contributed by atoms with Crippen LogP contribution in [0.5, 0.6) is 0 Å². The monoisotopic (exact) mass is 510 g/mol. The predicted octanol–water partition coefficient (Wildman–Crippen LogP) is 5.72. The van der Waals surface area contributed by atoms with Crippen LogP contribution in [-0.2, 0) is 21.2 Å². The second kappa shape index (κ2) is 11.1. The third-order valence-electron chi connectivity index (χ3n) is 6.75. The van der Waals surface area contributed by atoms with Crippen molar-refractivity contribution in [1.82, 2.24) is 9.21 Å². The minimum absolute atomic E-state index is 0.151. The molecule has 3 aromatic rings. The molecule has 0 saturated carbocycles. The summed E-state index contributed by atoms with van der Waals surface area (Å²) in [4.78, 5) is 17.2. The van der Waals surface area contributed by atoms with Gasteiger partial charge < -0.3 is 4.90 Å². The minimum atomic E-state index is -3.78. The SMILES string of the molecule is CCCCCN(CC(=O)N1CCc2sccc2C1c1ccccc1C)S(=O)(=O)c1ccc(C)cc1. The maximum Gasteiger partial charge on any atom is 0.243 e. The Labute approximate surface area is 213 Å². The number of nitrogens with zero attached hydrogens (tertiary/aromatic N) is 2. The number of fused-ring (bicyclic) bond motifs is 1. The molecule has 186 valence electrons. The van der Waals surface area contributed by atoms with E-state index in [-0.39, 0.29) is 23.4 Å². The number of carbonyl (C=O) groups excluding carboxylic acids is 1. The van der Waals surface area contributed by atoms with E-state index in [2.05, 4.69) is 37.4 Å². The van der Waals surface area contributed by atoms with E-state index in [1.165, 1.54) is 9.18 Å². The number of carbonyl (C=O) groups is 1. The maximum atomic E-state index is 13.8. The van der Waals surface area contributed by atoms with Gasteiger partial charge in [-0.2, -0.15) is 4.31 Å². The number of benzene rings is 2. The van der Waals surface area contributed by atoms with Crippen molar-refractivity contribution in [2.24, 2.45) is 0 Å². The Morgan fingerprint density at radius 1 is 1.03 bits per heavy atom. The lowest BCUT2D eigenvalue weighted by molar-refractivity contribution is -0.133. The smallest absolute Gasteiger partial charge is 0.243 e. The van der Waals surface area contributed by atoms with Crippen molar-refractivity contribution >= 4 is 27.3 Å². The molecule has 0 fully saturated rings. The van der Waals surface area contributed by atoms with Gasteiger partial charge in [0.1, 0.15) is 0 Å². The van der Waals surface area contributed by atoms with Gasteiger partial charge in [-0.15, -0.1) is 11.3 Å². The summed E-state index contributed by atoms with van der Waals surface area (Å²) in [5.74, 6) is -0.151. The summed E-state index contributed by atoms with van der Waals surface area (Å²) in [6.07, 6.45) is 3.42. The molecule has 1 atom stereocenters. The molecule has 1 aliphatic heterocycles. The predicted molar refractivity (Wildman–Crippen MR) is 142 cm³/mol. The molecular weight excluding hydrogens is 476 g/mol. The lowest BCUT2D eigenvalue weighted by Gasteiger charge is -2.38. The Hall–Kier alpha value is -2.48. The van der Waals surface area contributed by atoms with Crippen LogP contribution in [0.3, 0.4) is 0 Å². The number of hydrogen-bond donors (Lipinski definition) is 0. The van der Waals surface area contributed by atoms with E-state index in [4.69, 9.17) is 0 Å². The Morgan fingerprint density at radius 2 is 1.77 bits per heavy atom. The Morgan fingerprint density at radius 3 is 2.49 bits per heavy atom. The standard InChI is InChI=1S/C28H34N2O3S2/c1-4-5-8-17-29(35(32,33)23-13-11-21(2)12-14-23)20-27(31)30-18-15-26-25(16-19-34-26)28(30)24-10-7-6-9-22(24)3/h6-7,9-14,16,19,28H,4-5,8,15,17-18,20H2,1-3H3. The zero-order valence-electron chi connectivity index (χ0n) is 20.7. The van der Waals surface area contributed by atoms with Gasteiger partial charge in [0, 0.05) is 18.0 Å². The Bertz CT molecular complexity index is 1270. The van der Waals surface area contributed by atoms with Crippen molar-refractivity contribution in [2.45, 2.75) is 57.4 Å². The number of hydrogen-bond acceptors (Lipinski definition) is 4. The van der Waals surface area contributed by atoms with Gasteiger partial charge in [-0.1, -0.05) is 61.7 Å². The summed E-state index contributed by atoms with van der Waals surface area (Å²) >= 11 is 1.73. The molecule has 5 nitrogen and oxygen atoms in total. The molecule has 7 heteroatoms. The van der Waals surface area contributed by atoms with E-state index >= 15 is 0 Å². The number of amides is 1. The average molecular weight is 511 g/mol. The summed E-state index contributed by atoms with van der Waals surface area (Å²) in [7, 11) is -3.78. The van der Waals surface area contributed by atoms with Gasteiger partial charge in [0.25, 0.3) is 0 Å². The van der Waals surface area contributed by atoms with Crippen LogP contribution in [0.2, 0.25) is 0 Å². The third-order valence-corrected chi connectivity index (χ3v) is 9.61. The highest BCUT2D eigenvalue weighted by atomic mass is 32.2. The van der Waals surface area contributed by atoms with Gasteiger partial charge >= 0.3 is 0 Å². The summed E-state index contributed by atoms with van der Waals surface area (Å²) in [6, 6.07) is 16.9. The van der Waals surface area contributed by atoms with Crippen LogP contribution in [0, 0.1) is 13.8 Å². The molecule has 2 aromatic carbocycles. The van der Waals surface area contributed by atoms with E-state index in [9.17, 15) is 13.2 Å². The summed E-state index contributed by atoms with van der Waals surface area (Å²) in [5.41, 5.74) is 4.38. The van der Waals surface area contributed by atoms with Crippen molar-refractivity contribution in [3.8, 4) is 0 Å². The van der Waals surface area contributed by atoms with Crippen LogP contribution in [-0.4, -0.2) is 43.2 Å². The number of thiophene rings is 1. The van der Waals surface area contributed by atoms with Crippen LogP contribution in [0.25, 0.3) is 0 Å². The van der Waals surface area contributed by atoms with Crippen molar-refractivity contribution in [1.29, 1.82) is 0 Å². The molecule has 1 amide bonds. The second-order valence-corrected chi connectivity index (χ2v) is 12.2. The highest BCUT2D eigenvalue weighted by Gasteiger charge is 2.36. The lowest BCUT2D eigenvalue weighted by Crippen LogP contribution is -2.47. The van der Waals surface area contributed by atoms with Gasteiger partial charge in [0.2, 0.25) is 15.9 Å². The first-order valence-corrected chi connectivity index (χ1v) is 14.6. The maximum absolute atomic E-state index is 13.8. The van der Waals surface area contributed by atoms with Crippen LogP contribution >= 0.6 is 11.3 Å². The first kappa shape index (κ1) is 25.6. The first-order chi connectivity index (χ1) is 16.8. The average Bonchev–Trinajstić information content (AvgIpc) is 3.32. The Balaban J connectivity index is 1.65. The minimum Gasteiger partial charge on any atom is -0.330 e. The molecule has 0 saturated heterocycles. The third kappa shape index (κ3) is 5.52. The highest BCUT2D eigenvalue weighted by Crippen LogP contribution is 2.39. The molecule has 1 aliphatic rings. The van der Waals surface area contributed by atoms with Crippen LogP contribution in [0.15, 0.2) is 64.9 Å². The van der Waals surface area contributed by atoms with Crippen LogP contribution < -0.4 is 0 Å². The fraction of sp³-hybridized carbons (Fsp3) is 0.393. The van der Waals surface area contributed by atoms with Crippen molar-refractivity contribution in [2.75, 3.05) is 19.6 Å². The molecule has 35 heavy (non-hydrogen) atoms. The quantitative estimate of drug-likeness (QED) is 0.346. The van der Waals surface area contributed by atoms with Gasteiger partial charge in [0.15, 0.2) is 0 Å². The lowest BCUT2D eigenvalue weighted by atomic mass is 9.90. The van der Waals surface area contributed by atoms with E-state index in [1.807, 2.05) is 24.0 Å². The van der Waals surface area contributed by atoms with E-state index in [1.54, 1.807) is 35.6 Å². The molecule has 4 rings (SSSR count). The van der Waals surface area contributed by atoms with Crippen LogP contribution in [0.4, 0.5) is 0 Å². The fourth-order valence-electron chi connectivity index (χ4n) is 4.74. The topological polar surface area (TPSA) is 57.7 Å². The summed E-state index contributed by atoms with van der Waals surface area (Å²) in [5, 5.41) is 2.09. The van der Waals surface area contributed by atoms with Gasteiger partial charge in [-0.25, -0.2) is 8.42 Å². The number of unbranched alkanes of at least 4 members (excludes halogenated alkanes) is 2. The molecule has 2 heterocycles. The molecule has 1 aromatic heterocycles. The molecule has 0 spiro atoms. The van der Waals surface area contributed by atoms with E-state index in [0.29, 0.717) is 13.1 Å². The fourth-order valence-corrected chi connectivity index (χ4v) is 7.07. The Kier molecular flexibility index (Phi) is 8.09. The van der Waals surface area contributed by atoms with Crippen molar-refractivity contribution in [3.63, 3.8) is 0 Å². The van der Waals surface area contributed by atoms with Gasteiger partial charge in [0.05, 0.1) is 17.5 Å². The summed E-state index contributed by atoms with van der Waals surface area (Å²) in [6.45, 7) is 6.85. The molecule has 0 aliphatic carbocycles. The van der Waals surface area contributed by atoms with E-state index in [0.717, 1.165) is 47.9 Å². The highest BCUT2D eigenvalue weighted by molar-refractivity contribution is 7.89. The molecular formula is C28H34N2O3S2. The van der Waals surface area contributed by atoms with Crippen molar-refractivity contribution < 1.29 is 13.2 Å². The van der Waals surface area contributed by atoms with Crippen molar-refractivity contribution in [3.05, 3.63) is 87.1 Å². The molecule has 0 N–H and O–H groups in total.